The maximum Gasteiger partial charge on any atom is 0.119 e. The van der Waals surface area contributed by atoms with Crippen molar-refractivity contribution >= 4 is 0 Å². The van der Waals surface area contributed by atoms with Gasteiger partial charge in [0.15, 0.2) is 0 Å². The van der Waals surface area contributed by atoms with Crippen molar-refractivity contribution in [2.24, 2.45) is 17.6 Å². The van der Waals surface area contributed by atoms with Crippen LogP contribution < -0.4 is 10.5 Å². The predicted octanol–water partition coefficient (Wildman–Crippen LogP) is 2.62. The van der Waals surface area contributed by atoms with Gasteiger partial charge < -0.3 is 15.2 Å². The van der Waals surface area contributed by atoms with E-state index in [1.807, 2.05) is 12.1 Å². The Bertz CT molecular complexity index is 421. The zero-order valence-corrected chi connectivity index (χ0v) is 12.3. The van der Waals surface area contributed by atoms with Gasteiger partial charge in [0.25, 0.3) is 0 Å². The summed E-state index contributed by atoms with van der Waals surface area (Å²) in [5, 5.41) is 0. The topological polar surface area (TPSA) is 44.5 Å². The molecule has 0 amide bonds. The third-order valence-electron chi connectivity index (χ3n) is 4.42. The molecule has 1 saturated heterocycles. The van der Waals surface area contributed by atoms with E-state index in [9.17, 15) is 0 Å². The summed E-state index contributed by atoms with van der Waals surface area (Å²) in [6.07, 6.45) is 1.41. The van der Waals surface area contributed by atoms with E-state index in [4.69, 9.17) is 15.2 Å². The van der Waals surface area contributed by atoms with E-state index in [2.05, 4.69) is 32.9 Å². The Morgan fingerprint density at radius 3 is 2.58 bits per heavy atom. The Hall–Kier alpha value is -1.06. The molecular formula is C16H25NO2. The highest BCUT2D eigenvalue weighted by Crippen LogP contribution is 2.34. The number of hydrogen-bond acceptors (Lipinski definition) is 3. The van der Waals surface area contributed by atoms with Gasteiger partial charge in [0.2, 0.25) is 0 Å². The van der Waals surface area contributed by atoms with Crippen LogP contribution in [0.25, 0.3) is 0 Å². The van der Waals surface area contributed by atoms with Crippen molar-refractivity contribution in [1.29, 1.82) is 0 Å². The van der Waals surface area contributed by atoms with Gasteiger partial charge in [-0.1, -0.05) is 19.1 Å². The molecule has 1 aromatic rings. The summed E-state index contributed by atoms with van der Waals surface area (Å²) in [6, 6.07) is 8.27. The molecule has 0 spiro atoms. The molecule has 106 valence electrons. The Morgan fingerprint density at radius 1 is 1.26 bits per heavy atom. The van der Waals surface area contributed by atoms with Crippen LogP contribution in [-0.2, 0) is 11.2 Å². The lowest BCUT2D eigenvalue weighted by Gasteiger charge is -2.25. The third kappa shape index (κ3) is 3.10. The molecular weight excluding hydrogens is 238 g/mol. The molecule has 0 aliphatic carbocycles. The molecule has 1 fully saturated rings. The molecule has 3 nitrogen and oxygen atoms in total. The van der Waals surface area contributed by atoms with E-state index in [0.29, 0.717) is 17.9 Å². The number of rotatable bonds is 4. The standard InChI is InChI=1S/C16H25NO2/c1-10-11(2)19-12(3)16(10)15(17)9-13-6-5-7-14(8-13)18-4/h5-8,10-12,15-16H,9,17H2,1-4H3. The summed E-state index contributed by atoms with van der Waals surface area (Å²) >= 11 is 0. The van der Waals surface area contributed by atoms with Gasteiger partial charge in [-0.3, -0.25) is 0 Å². The fourth-order valence-electron chi connectivity index (χ4n) is 3.24. The van der Waals surface area contributed by atoms with E-state index in [-0.39, 0.29) is 12.1 Å². The van der Waals surface area contributed by atoms with E-state index < -0.39 is 0 Å². The van der Waals surface area contributed by atoms with Gasteiger partial charge in [0.05, 0.1) is 19.3 Å². The average Bonchev–Trinajstić information content (AvgIpc) is 2.63. The smallest absolute Gasteiger partial charge is 0.119 e. The van der Waals surface area contributed by atoms with Gasteiger partial charge in [0.1, 0.15) is 5.75 Å². The van der Waals surface area contributed by atoms with E-state index >= 15 is 0 Å². The molecule has 2 N–H and O–H groups in total. The Balaban J connectivity index is 2.06. The quantitative estimate of drug-likeness (QED) is 0.908. The Morgan fingerprint density at radius 2 is 2.00 bits per heavy atom. The first-order chi connectivity index (χ1) is 9.02. The molecule has 0 saturated carbocycles. The number of hydrogen-bond donors (Lipinski definition) is 1. The van der Waals surface area contributed by atoms with E-state index in [1.54, 1.807) is 7.11 Å². The lowest BCUT2D eigenvalue weighted by molar-refractivity contribution is 0.0490. The summed E-state index contributed by atoms with van der Waals surface area (Å²) in [7, 11) is 1.69. The van der Waals surface area contributed by atoms with Crippen LogP contribution in [0.5, 0.6) is 5.75 Å². The minimum absolute atomic E-state index is 0.127. The number of methoxy groups -OCH3 is 1. The summed E-state index contributed by atoms with van der Waals surface area (Å²) in [5.74, 6) is 1.82. The van der Waals surface area contributed by atoms with Gasteiger partial charge in [0, 0.05) is 12.0 Å². The molecule has 1 aromatic carbocycles. The van der Waals surface area contributed by atoms with E-state index in [0.717, 1.165) is 12.2 Å². The van der Waals surface area contributed by atoms with E-state index in [1.165, 1.54) is 5.56 Å². The fraction of sp³-hybridized carbons (Fsp3) is 0.625. The second-order valence-electron chi connectivity index (χ2n) is 5.70. The maximum absolute atomic E-state index is 6.42. The summed E-state index contributed by atoms with van der Waals surface area (Å²) in [6.45, 7) is 6.51. The van der Waals surface area contributed by atoms with Crippen molar-refractivity contribution in [3.8, 4) is 5.75 Å². The molecule has 1 aliphatic rings. The Kier molecular flexibility index (Phi) is 4.48. The van der Waals surface area contributed by atoms with Crippen LogP contribution in [0.1, 0.15) is 26.3 Å². The second-order valence-corrected chi connectivity index (χ2v) is 5.70. The SMILES string of the molecule is COc1cccc(CC(N)C2C(C)OC(C)C2C)c1. The lowest BCUT2D eigenvalue weighted by atomic mass is 9.81. The maximum atomic E-state index is 6.42. The lowest BCUT2D eigenvalue weighted by Crippen LogP contribution is -2.39. The minimum Gasteiger partial charge on any atom is -0.497 e. The van der Waals surface area contributed by atoms with Crippen molar-refractivity contribution in [3.05, 3.63) is 29.8 Å². The monoisotopic (exact) mass is 263 g/mol. The highest BCUT2D eigenvalue weighted by atomic mass is 16.5. The summed E-state index contributed by atoms with van der Waals surface area (Å²) in [4.78, 5) is 0. The molecule has 19 heavy (non-hydrogen) atoms. The van der Waals surface area contributed by atoms with Gasteiger partial charge in [-0.05, 0) is 43.9 Å². The van der Waals surface area contributed by atoms with Crippen molar-refractivity contribution in [3.63, 3.8) is 0 Å². The molecule has 3 heteroatoms. The van der Waals surface area contributed by atoms with Crippen molar-refractivity contribution in [1.82, 2.24) is 0 Å². The van der Waals surface area contributed by atoms with Crippen LogP contribution in [0.2, 0.25) is 0 Å². The molecule has 0 bridgehead atoms. The van der Waals surface area contributed by atoms with Gasteiger partial charge >= 0.3 is 0 Å². The van der Waals surface area contributed by atoms with Crippen LogP contribution in [0.4, 0.5) is 0 Å². The van der Waals surface area contributed by atoms with Crippen molar-refractivity contribution in [2.75, 3.05) is 7.11 Å². The molecule has 2 rings (SSSR count). The first-order valence-electron chi connectivity index (χ1n) is 7.07. The summed E-state index contributed by atoms with van der Waals surface area (Å²) in [5.41, 5.74) is 7.65. The van der Waals surface area contributed by atoms with Crippen LogP contribution >= 0.6 is 0 Å². The zero-order valence-electron chi connectivity index (χ0n) is 12.3. The molecule has 5 atom stereocenters. The average molecular weight is 263 g/mol. The van der Waals surface area contributed by atoms with Crippen LogP contribution in [0, 0.1) is 11.8 Å². The first kappa shape index (κ1) is 14.4. The van der Waals surface area contributed by atoms with Crippen LogP contribution in [0.15, 0.2) is 24.3 Å². The first-order valence-corrected chi connectivity index (χ1v) is 7.07. The molecule has 5 unspecified atom stereocenters. The highest BCUT2D eigenvalue weighted by molar-refractivity contribution is 5.29. The molecule has 0 radical (unpaired) electrons. The van der Waals surface area contributed by atoms with Gasteiger partial charge in [-0.2, -0.15) is 0 Å². The molecule has 1 aliphatic heterocycles. The summed E-state index contributed by atoms with van der Waals surface area (Å²) < 4.78 is 11.1. The highest BCUT2D eigenvalue weighted by Gasteiger charge is 2.40. The largest absolute Gasteiger partial charge is 0.497 e. The second kappa shape index (κ2) is 5.93. The Labute approximate surface area is 116 Å². The van der Waals surface area contributed by atoms with Crippen molar-refractivity contribution < 1.29 is 9.47 Å². The van der Waals surface area contributed by atoms with Gasteiger partial charge in [-0.25, -0.2) is 0 Å². The minimum atomic E-state index is 0.127. The molecule has 1 heterocycles. The van der Waals surface area contributed by atoms with Crippen LogP contribution in [0.3, 0.4) is 0 Å². The molecule has 0 aromatic heterocycles. The van der Waals surface area contributed by atoms with Crippen molar-refractivity contribution in [2.45, 2.75) is 45.4 Å². The number of benzene rings is 1. The van der Waals surface area contributed by atoms with Crippen LogP contribution in [-0.4, -0.2) is 25.4 Å². The number of nitrogens with two attached hydrogens (primary N) is 1. The fourth-order valence-corrected chi connectivity index (χ4v) is 3.24. The normalized spacial score (nSPS) is 32.3. The third-order valence-corrected chi connectivity index (χ3v) is 4.42. The number of ether oxygens (including phenoxy) is 2. The predicted molar refractivity (Wildman–Crippen MR) is 77.3 cm³/mol. The zero-order chi connectivity index (χ0) is 14.0. The van der Waals surface area contributed by atoms with Gasteiger partial charge in [-0.15, -0.1) is 0 Å².